The molecule has 6 heteroatoms. The molecule has 0 aliphatic carbocycles. The minimum Gasteiger partial charge on any atom is -0.478 e. The van der Waals surface area contributed by atoms with Crippen molar-refractivity contribution in [3.8, 4) is 0 Å². The lowest BCUT2D eigenvalue weighted by Gasteiger charge is -2.07. The van der Waals surface area contributed by atoms with Crippen molar-refractivity contribution in [1.82, 2.24) is 5.48 Å². The van der Waals surface area contributed by atoms with E-state index in [1.54, 1.807) is 0 Å². The van der Waals surface area contributed by atoms with E-state index < -0.39 is 5.97 Å². The molecular formula is C26H49NO5. The maximum absolute atomic E-state index is 11.6. The van der Waals surface area contributed by atoms with Crippen LogP contribution < -0.4 is 5.48 Å². The van der Waals surface area contributed by atoms with Crippen LogP contribution in [0.3, 0.4) is 0 Å². The fraction of sp³-hybridized carbons (Fsp3) is 0.769. The number of hydrogen-bond donors (Lipinski definition) is 3. The Hall–Kier alpha value is -1.66. The Balaban J connectivity index is 0. The zero-order valence-electron chi connectivity index (χ0n) is 20.5. The lowest BCUT2D eigenvalue weighted by molar-refractivity contribution is -0.139. The van der Waals surface area contributed by atoms with E-state index in [-0.39, 0.29) is 5.97 Å². The number of carboxylic acids is 1. The van der Waals surface area contributed by atoms with Crippen LogP contribution >= 0.6 is 0 Å². The summed E-state index contributed by atoms with van der Waals surface area (Å²) in [5, 5.41) is 16.1. The number of carboxylic acid groups (broad SMARTS) is 1. The Labute approximate surface area is 196 Å². The molecule has 0 aromatic rings. The van der Waals surface area contributed by atoms with Crippen LogP contribution in [0.1, 0.15) is 116 Å². The number of ether oxygens (including phenoxy) is 1. The fourth-order valence-electron chi connectivity index (χ4n) is 3.23. The van der Waals surface area contributed by atoms with Crippen molar-refractivity contribution in [2.75, 3.05) is 13.2 Å². The molecule has 0 aliphatic rings. The van der Waals surface area contributed by atoms with E-state index >= 15 is 0 Å². The molecule has 0 saturated carbocycles. The van der Waals surface area contributed by atoms with Gasteiger partial charge in [-0.2, -0.15) is 0 Å². The molecule has 0 aromatic carbocycles. The van der Waals surface area contributed by atoms with Gasteiger partial charge in [-0.05, 0) is 12.8 Å². The lowest BCUT2D eigenvalue weighted by Crippen LogP contribution is -2.14. The number of unbranched alkanes of at least 4 members (excludes halogenated alkanes) is 15. The minimum absolute atomic E-state index is 0.326. The van der Waals surface area contributed by atoms with Crippen molar-refractivity contribution in [3.05, 3.63) is 24.8 Å². The summed E-state index contributed by atoms with van der Waals surface area (Å²) < 4.78 is 5.17. The smallest absolute Gasteiger partial charge is 0.333 e. The van der Waals surface area contributed by atoms with Gasteiger partial charge in [0.2, 0.25) is 0 Å². The van der Waals surface area contributed by atoms with Crippen LogP contribution in [0.5, 0.6) is 0 Å². The average molecular weight is 456 g/mol. The number of carbonyl (C=O) groups is 2. The van der Waals surface area contributed by atoms with Crippen molar-refractivity contribution in [2.45, 2.75) is 116 Å². The summed E-state index contributed by atoms with van der Waals surface area (Å²) in [6, 6.07) is 0. The summed E-state index contributed by atoms with van der Waals surface area (Å²) in [6.45, 7) is 9.70. The van der Waals surface area contributed by atoms with E-state index in [0.29, 0.717) is 25.1 Å². The van der Waals surface area contributed by atoms with Gasteiger partial charge in [-0.1, -0.05) is 116 Å². The van der Waals surface area contributed by atoms with Crippen LogP contribution in [-0.4, -0.2) is 35.4 Å². The average Bonchev–Trinajstić information content (AvgIpc) is 2.79. The molecule has 0 saturated heterocycles. The maximum Gasteiger partial charge on any atom is 0.333 e. The first-order valence-corrected chi connectivity index (χ1v) is 12.6. The number of hydrogen-bond acceptors (Lipinski definition) is 5. The molecule has 0 spiro atoms. The van der Waals surface area contributed by atoms with Crippen molar-refractivity contribution < 1.29 is 24.6 Å². The van der Waals surface area contributed by atoms with Crippen LogP contribution in [0.15, 0.2) is 24.8 Å². The molecule has 6 nitrogen and oxygen atoms in total. The molecule has 0 radical (unpaired) electrons. The van der Waals surface area contributed by atoms with Gasteiger partial charge in [-0.3, -0.25) is 0 Å². The molecule has 0 amide bonds. The Morgan fingerprint density at radius 1 is 0.812 bits per heavy atom. The van der Waals surface area contributed by atoms with Gasteiger partial charge in [0.25, 0.3) is 0 Å². The van der Waals surface area contributed by atoms with Gasteiger partial charge in [0, 0.05) is 18.2 Å². The predicted octanol–water partition coefficient (Wildman–Crippen LogP) is 6.97. The van der Waals surface area contributed by atoms with Crippen molar-refractivity contribution >= 4 is 11.9 Å². The summed E-state index contributed by atoms with van der Waals surface area (Å²) in [5.41, 5.74) is 2.42. The molecule has 0 heterocycles. The van der Waals surface area contributed by atoms with Crippen molar-refractivity contribution in [3.63, 3.8) is 0 Å². The Bertz CT molecular complexity index is 465. The SMILES string of the molecule is C=C(CCNO)C(=O)OCCCCCCCCCCCCCCCCCC.C=CC(=O)O. The second kappa shape index (κ2) is 27.4. The molecule has 0 aromatic heterocycles. The van der Waals surface area contributed by atoms with Gasteiger partial charge < -0.3 is 15.1 Å². The quantitative estimate of drug-likeness (QED) is 0.0706. The minimum atomic E-state index is -0.981. The third kappa shape index (κ3) is 28.3. The summed E-state index contributed by atoms with van der Waals surface area (Å²) in [6.07, 6.45) is 22.6. The van der Waals surface area contributed by atoms with Gasteiger partial charge in [0.05, 0.1) is 6.61 Å². The van der Waals surface area contributed by atoms with E-state index in [9.17, 15) is 9.59 Å². The van der Waals surface area contributed by atoms with Gasteiger partial charge >= 0.3 is 11.9 Å². The van der Waals surface area contributed by atoms with Gasteiger partial charge in [0.1, 0.15) is 0 Å². The van der Waals surface area contributed by atoms with E-state index in [4.69, 9.17) is 15.1 Å². The van der Waals surface area contributed by atoms with Crippen LogP contribution in [-0.2, 0) is 14.3 Å². The summed E-state index contributed by atoms with van der Waals surface area (Å²) >= 11 is 0. The first kappa shape index (κ1) is 32.5. The Morgan fingerprint density at radius 2 is 1.19 bits per heavy atom. The van der Waals surface area contributed by atoms with E-state index in [1.165, 1.54) is 89.9 Å². The number of aliphatic carboxylic acids is 1. The normalized spacial score (nSPS) is 10.2. The standard InChI is InChI=1S/C23H45NO3.C3H4O2/c1-3-4-5-6-7-8-9-10-11-12-13-14-15-16-17-18-21-27-23(25)22(2)19-20-24-26;1-2-3(4)5/h24,26H,2-21H2,1H3;2H,1H2,(H,4,5). The summed E-state index contributed by atoms with van der Waals surface area (Å²) in [7, 11) is 0. The molecule has 0 unspecified atom stereocenters. The highest BCUT2D eigenvalue weighted by molar-refractivity contribution is 5.87. The molecule has 0 bridgehead atoms. The molecule has 0 atom stereocenters. The second-order valence-electron chi connectivity index (χ2n) is 8.24. The largest absolute Gasteiger partial charge is 0.478 e. The molecular weight excluding hydrogens is 406 g/mol. The first-order valence-electron chi connectivity index (χ1n) is 12.6. The molecule has 0 aliphatic heterocycles. The zero-order chi connectivity index (χ0) is 24.3. The number of rotatable bonds is 22. The van der Waals surface area contributed by atoms with Crippen molar-refractivity contribution in [2.24, 2.45) is 0 Å². The highest BCUT2D eigenvalue weighted by Crippen LogP contribution is 2.13. The number of carbonyl (C=O) groups excluding carboxylic acids is 1. The van der Waals surface area contributed by atoms with Crippen LogP contribution in [0, 0.1) is 0 Å². The molecule has 32 heavy (non-hydrogen) atoms. The monoisotopic (exact) mass is 455 g/mol. The van der Waals surface area contributed by atoms with Gasteiger partial charge in [-0.25, -0.2) is 15.1 Å². The number of nitrogens with one attached hydrogen (secondary N) is 1. The second-order valence-corrected chi connectivity index (χ2v) is 8.24. The van der Waals surface area contributed by atoms with Crippen LogP contribution in [0.25, 0.3) is 0 Å². The molecule has 0 rings (SSSR count). The van der Waals surface area contributed by atoms with Crippen molar-refractivity contribution in [1.29, 1.82) is 0 Å². The molecule has 0 fully saturated rings. The zero-order valence-corrected chi connectivity index (χ0v) is 20.5. The Morgan fingerprint density at radius 3 is 1.53 bits per heavy atom. The van der Waals surface area contributed by atoms with E-state index in [1.807, 2.05) is 5.48 Å². The van der Waals surface area contributed by atoms with E-state index in [0.717, 1.165) is 18.9 Å². The lowest BCUT2D eigenvalue weighted by atomic mass is 10.0. The topological polar surface area (TPSA) is 95.9 Å². The highest BCUT2D eigenvalue weighted by Gasteiger charge is 2.07. The van der Waals surface area contributed by atoms with E-state index in [2.05, 4.69) is 20.1 Å². The predicted molar refractivity (Wildman–Crippen MR) is 132 cm³/mol. The summed E-state index contributed by atoms with van der Waals surface area (Å²) in [4.78, 5) is 20.8. The van der Waals surface area contributed by atoms with Crippen LogP contribution in [0.2, 0.25) is 0 Å². The number of esters is 1. The van der Waals surface area contributed by atoms with Gasteiger partial charge in [-0.15, -0.1) is 0 Å². The van der Waals surface area contributed by atoms with Gasteiger partial charge in [0.15, 0.2) is 0 Å². The first-order chi connectivity index (χ1) is 15.5. The fourth-order valence-corrected chi connectivity index (χ4v) is 3.23. The highest BCUT2D eigenvalue weighted by atomic mass is 16.5. The maximum atomic E-state index is 11.6. The molecule has 188 valence electrons. The third-order valence-electron chi connectivity index (χ3n) is 5.23. The van der Waals surface area contributed by atoms with Crippen LogP contribution in [0.4, 0.5) is 0 Å². The number of hydroxylamine groups is 1. The molecule has 3 N–H and O–H groups in total. The third-order valence-corrected chi connectivity index (χ3v) is 5.23. The Kier molecular flexibility index (Phi) is 27.8. The summed E-state index contributed by atoms with van der Waals surface area (Å²) in [5.74, 6) is -1.32.